The van der Waals surface area contributed by atoms with Crippen LogP contribution < -0.4 is 9.64 Å². The van der Waals surface area contributed by atoms with Gasteiger partial charge in [0.1, 0.15) is 11.5 Å². The van der Waals surface area contributed by atoms with Crippen LogP contribution in [0.4, 0.5) is 17.1 Å². The van der Waals surface area contributed by atoms with Gasteiger partial charge in [0.2, 0.25) is 0 Å². The Bertz CT molecular complexity index is 3000. The molecule has 9 aromatic carbocycles. The summed E-state index contributed by atoms with van der Waals surface area (Å²) in [5, 5.41) is 2.36. The molecule has 0 unspecified atom stereocenters. The topological polar surface area (TPSA) is 12.5 Å². The van der Waals surface area contributed by atoms with Crippen LogP contribution in [-0.2, 0) is 5.41 Å². The van der Waals surface area contributed by atoms with Crippen molar-refractivity contribution in [3.8, 4) is 67.1 Å². The molecule has 270 valence electrons. The van der Waals surface area contributed by atoms with Crippen LogP contribution in [0.2, 0.25) is 0 Å². The molecule has 0 spiro atoms. The lowest BCUT2D eigenvalue weighted by molar-refractivity contribution is 0.488. The number of hydrogen-bond donors (Lipinski definition) is 0. The highest BCUT2D eigenvalue weighted by Gasteiger charge is 2.38. The van der Waals surface area contributed by atoms with Crippen LogP contribution >= 0.6 is 0 Å². The van der Waals surface area contributed by atoms with Crippen LogP contribution in [0.3, 0.4) is 0 Å². The molecule has 1 heterocycles. The Morgan fingerprint density at radius 3 is 1.82 bits per heavy atom. The van der Waals surface area contributed by atoms with Crippen LogP contribution in [0.5, 0.6) is 11.5 Å². The molecule has 2 aliphatic rings. The minimum atomic E-state index is -0.132. The number of ether oxygens (including phenoxy) is 1. The highest BCUT2D eigenvalue weighted by Crippen LogP contribution is 2.56. The molecule has 0 radical (unpaired) electrons. The third kappa shape index (κ3) is 5.33. The smallest absolute Gasteiger partial charge is 0.135 e. The zero-order valence-electron chi connectivity index (χ0n) is 31.9. The molecule has 0 saturated heterocycles. The van der Waals surface area contributed by atoms with Gasteiger partial charge in [0.25, 0.3) is 0 Å². The first-order valence-corrected chi connectivity index (χ1v) is 19.8. The Balaban J connectivity index is 1.18. The molecule has 2 heteroatoms. The van der Waals surface area contributed by atoms with Crippen molar-refractivity contribution in [1.29, 1.82) is 0 Å². The molecule has 11 rings (SSSR count). The molecule has 0 amide bonds. The molecule has 0 bridgehead atoms. The molecule has 0 atom stereocenters. The normalized spacial score (nSPS) is 13.0. The van der Waals surface area contributed by atoms with Gasteiger partial charge in [-0.05, 0) is 109 Å². The first kappa shape index (κ1) is 33.2. The standard InChI is InChI=1S/C55H39NO/c1-55(2)48-21-12-11-20-45(48)54-49(55)22-13-23-50(54)56(41-28-24-38(25-29-41)36-14-5-3-6-15-36)42-30-31-44-46(35-42)47-34-40(37-16-7-4-8-17-37)27-32-51(47)57-52-33-26-39-18-9-10-19-43(39)53(44)52/h3-35H,1-2H3. The van der Waals surface area contributed by atoms with Gasteiger partial charge in [-0.15, -0.1) is 0 Å². The Kier molecular flexibility index (Phi) is 7.55. The lowest BCUT2D eigenvalue weighted by atomic mass is 9.82. The summed E-state index contributed by atoms with van der Waals surface area (Å²) in [4.78, 5) is 2.46. The Morgan fingerprint density at radius 1 is 0.386 bits per heavy atom. The van der Waals surface area contributed by atoms with Crippen LogP contribution in [-0.4, -0.2) is 0 Å². The van der Waals surface area contributed by atoms with E-state index in [0.29, 0.717) is 0 Å². The second-order valence-corrected chi connectivity index (χ2v) is 15.7. The second kappa shape index (κ2) is 13.0. The number of benzene rings is 9. The SMILES string of the molecule is CC1(C)c2ccccc2-c2c(N(c3ccc(-c4ccccc4)cc3)c3ccc4c(c3)-c3cc(-c5ccccc5)ccc3Oc3ccc5ccccc5c3-4)cccc21. The number of rotatable bonds is 5. The predicted octanol–water partition coefficient (Wildman–Crippen LogP) is 15.4. The Hall–Kier alpha value is -7.16. The summed E-state index contributed by atoms with van der Waals surface area (Å²) in [6, 6.07) is 72.6. The highest BCUT2D eigenvalue weighted by atomic mass is 16.5. The van der Waals surface area contributed by atoms with Gasteiger partial charge in [0.15, 0.2) is 0 Å². The van der Waals surface area contributed by atoms with Gasteiger partial charge in [-0.1, -0.05) is 166 Å². The Morgan fingerprint density at radius 2 is 1.02 bits per heavy atom. The maximum Gasteiger partial charge on any atom is 0.135 e. The number of anilines is 3. The summed E-state index contributed by atoms with van der Waals surface area (Å²) in [5.41, 5.74) is 17.7. The average molecular weight is 730 g/mol. The van der Waals surface area contributed by atoms with Gasteiger partial charge in [0.05, 0.1) is 5.69 Å². The quantitative estimate of drug-likeness (QED) is 0.175. The van der Waals surface area contributed by atoms with Crippen molar-refractivity contribution in [2.45, 2.75) is 19.3 Å². The predicted molar refractivity (Wildman–Crippen MR) is 238 cm³/mol. The van der Waals surface area contributed by atoms with Gasteiger partial charge in [0, 0.05) is 33.5 Å². The van der Waals surface area contributed by atoms with Crippen molar-refractivity contribution >= 4 is 27.8 Å². The average Bonchev–Trinajstić information content (AvgIpc) is 3.41. The van der Waals surface area contributed by atoms with E-state index in [1.807, 2.05) is 0 Å². The molecule has 0 aromatic heterocycles. The van der Waals surface area contributed by atoms with E-state index in [1.54, 1.807) is 0 Å². The van der Waals surface area contributed by atoms with Gasteiger partial charge in [-0.2, -0.15) is 0 Å². The van der Waals surface area contributed by atoms with Crippen LogP contribution in [0, 0.1) is 0 Å². The fourth-order valence-electron chi connectivity index (χ4n) is 9.27. The molecule has 9 aromatic rings. The third-order valence-electron chi connectivity index (χ3n) is 12.1. The zero-order valence-corrected chi connectivity index (χ0v) is 31.9. The molecule has 57 heavy (non-hydrogen) atoms. The van der Waals surface area contributed by atoms with Gasteiger partial charge in [-0.3, -0.25) is 0 Å². The summed E-state index contributed by atoms with van der Waals surface area (Å²) in [6.07, 6.45) is 0. The summed E-state index contributed by atoms with van der Waals surface area (Å²) in [6.45, 7) is 4.71. The van der Waals surface area contributed by atoms with E-state index in [4.69, 9.17) is 4.74 Å². The van der Waals surface area contributed by atoms with Crippen molar-refractivity contribution in [3.05, 3.63) is 211 Å². The molecule has 1 aliphatic heterocycles. The maximum absolute atomic E-state index is 6.92. The first-order valence-electron chi connectivity index (χ1n) is 19.8. The lowest BCUT2D eigenvalue weighted by Crippen LogP contribution is -2.16. The van der Waals surface area contributed by atoms with E-state index in [1.165, 1.54) is 49.7 Å². The van der Waals surface area contributed by atoms with Crippen molar-refractivity contribution in [1.82, 2.24) is 0 Å². The minimum absolute atomic E-state index is 0.132. The van der Waals surface area contributed by atoms with Crippen molar-refractivity contribution < 1.29 is 4.74 Å². The highest BCUT2D eigenvalue weighted by molar-refractivity contribution is 6.06. The van der Waals surface area contributed by atoms with E-state index in [2.05, 4.69) is 219 Å². The summed E-state index contributed by atoms with van der Waals surface area (Å²) in [7, 11) is 0. The molecular weight excluding hydrogens is 691 g/mol. The lowest BCUT2D eigenvalue weighted by Gasteiger charge is -2.30. The number of fused-ring (bicyclic) bond motifs is 10. The first-order chi connectivity index (χ1) is 28.0. The van der Waals surface area contributed by atoms with Crippen molar-refractivity contribution in [3.63, 3.8) is 0 Å². The summed E-state index contributed by atoms with van der Waals surface area (Å²) < 4.78 is 6.92. The van der Waals surface area contributed by atoms with Crippen LogP contribution in [0.15, 0.2) is 200 Å². The van der Waals surface area contributed by atoms with Crippen molar-refractivity contribution in [2.24, 2.45) is 0 Å². The molecule has 2 nitrogen and oxygen atoms in total. The van der Waals surface area contributed by atoms with Gasteiger partial charge in [-0.25, -0.2) is 0 Å². The van der Waals surface area contributed by atoms with E-state index in [0.717, 1.165) is 56.4 Å². The zero-order chi connectivity index (χ0) is 38.1. The van der Waals surface area contributed by atoms with E-state index in [9.17, 15) is 0 Å². The molecule has 0 saturated carbocycles. The molecule has 0 fully saturated rings. The van der Waals surface area contributed by atoms with E-state index < -0.39 is 0 Å². The molecular formula is C55H39NO. The largest absolute Gasteiger partial charge is 0.456 e. The minimum Gasteiger partial charge on any atom is -0.456 e. The molecule has 1 aliphatic carbocycles. The van der Waals surface area contributed by atoms with E-state index >= 15 is 0 Å². The summed E-state index contributed by atoms with van der Waals surface area (Å²) in [5.74, 6) is 1.71. The van der Waals surface area contributed by atoms with Gasteiger partial charge >= 0.3 is 0 Å². The fraction of sp³-hybridized carbons (Fsp3) is 0.0545. The molecule has 0 N–H and O–H groups in total. The second-order valence-electron chi connectivity index (χ2n) is 15.7. The monoisotopic (exact) mass is 729 g/mol. The van der Waals surface area contributed by atoms with Crippen LogP contribution in [0.25, 0.3) is 66.4 Å². The third-order valence-corrected chi connectivity index (χ3v) is 12.1. The maximum atomic E-state index is 6.92. The fourth-order valence-corrected chi connectivity index (χ4v) is 9.27. The number of hydrogen-bond acceptors (Lipinski definition) is 2. The van der Waals surface area contributed by atoms with Gasteiger partial charge < -0.3 is 9.64 Å². The Labute approximate surface area is 333 Å². The van der Waals surface area contributed by atoms with Crippen LogP contribution in [0.1, 0.15) is 25.0 Å². The van der Waals surface area contributed by atoms with Crippen molar-refractivity contribution in [2.75, 3.05) is 4.90 Å². The summed E-state index contributed by atoms with van der Waals surface area (Å²) >= 11 is 0. The number of nitrogens with zero attached hydrogens (tertiary/aromatic N) is 1. The van der Waals surface area contributed by atoms with E-state index in [-0.39, 0.29) is 5.41 Å².